The van der Waals surface area contributed by atoms with Crippen LogP contribution in [0.5, 0.6) is 5.75 Å². The molecule has 116 valence electrons. The Kier molecular flexibility index (Phi) is 4.84. The van der Waals surface area contributed by atoms with Crippen molar-refractivity contribution in [2.45, 2.75) is 25.2 Å². The molecule has 1 aromatic carbocycles. The molecule has 1 aliphatic rings. The van der Waals surface area contributed by atoms with E-state index >= 15 is 0 Å². The Morgan fingerprint density at radius 3 is 2.81 bits per heavy atom. The highest BCUT2D eigenvalue weighted by molar-refractivity contribution is 7.89. The zero-order valence-corrected chi connectivity index (χ0v) is 13.0. The average molecular weight is 313 g/mol. The second-order valence-electron chi connectivity index (χ2n) is 4.60. The van der Waals surface area contributed by atoms with Crippen LogP contribution in [0.1, 0.15) is 19.4 Å². The summed E-state index contributed by atoms with van der Waals surface area (Å²) >= 11 is 0. The van der Waals surface area contributed by atoms with Crippen molar-refractivity contribution in [1.29, 1.82) is 0 Å². The number of likely N-dealkylation sites (N-methyl/N-ethyl adjacent to an activating group) is 1. The lowest BCUT2D eigenvalue weighted by atomic mass is 10.2. The van der Waals surface area contributed by atoms with Crippen LogP contribution in [0.4, 0.5) is 0 Å². The highest BCUT2D eigenvalue weighted by atomic mass is 32.2. The first kappa shape index (κ1) is 15.8. The van der Waals surface area contributed by atoms with Crippen LogP contribution in [0, 0.1) is 0 Å². The van der Waals surface area contributed by atoms with Crippen LogP contribution in [0.3, 0.4) is 0 Å². The molecule has 1 aliphatic heterocycles. The average Bonchev–Trinajstić information content (AvgIpc) is 2.92. The van der Waals surface area contributed by atoms with Crippen LogP contribution in [0.2, 0.25) is 0 Å². The highest BCUT2D eigenvalue weighted by Gasteiger charge is 2.27. The van der Waals surface area contributed by atoms with Crippen molar-refractivity contribution in [2.24, 2.45) is 0 Å². The van der Waals surface area contributed by atoms with E-state index in [1.165, 1.54) is 6.07 Å². The van der Waals surface area contributed by atoms with E-state index in [1.807, 2.05) is 0 Å². The van der Waals surface area contributed by atoms with Gasteiger partial charge in [-0.05, 0) is 30.7 Å². The minimum atomic E-state index is -3.71. The van der Waals surface area contributed by atoms with E-state index in [0.29, 0.717) is 13.0 Å². The van der Waals surface area contributed by atoms with E-state index in [9.17, 15) is 13.2 Å². The molecule has 1 aromatic rings. The molecule has 0 bridgehead atoms. The first-order valence-electron chi connectivity index (χ1n) is 6.90. The molecule has 0 fully saturated rings. The summed E-state index contributed by atoms with van der Waals surface area (Å²) in [5.74, 6) is 0.176. The molecule has 0 saturated carbocycles. The summed E-state index contributed by atoms with van der Waals surface area (Å²) in [5, 5.41) is 0. The van der Waals surface area contributed by atoms with Crippen LogP contribution in [-0.4, -0.2) is 45.0 Å². The number of sulfonamides is 1. The van der Waals surface area contributed by atoms with Crippen molar-refractivity contribution in [3.05, 3.63) is 23.8 Å². The molecule has 0 atom stereocenters. The number of carbonyl (C=O) groups is 1. The second-order valence-corrected chi connectivity index (χ2v) is 6.54. The van der Waals surface area contributed by atoms with Gasteiger partial charge in [0.2, 0.25) is 10.0 Å². The molecule has 21 heavy (non-hydrogen) atoms. The van der Waals surface area contributed by atoms with Crippen molar-refractivity contribution < 1.29 is 22.7 Å². The number of nitrogens with zero attached hydrogens (tertiary/aromatic N) is 1. The quantitative estimate of drug-likeness (QED) is 0.738. The number of benzene rings is 1. The van der Waals surface area contributed by atoms with Crippen LogP contribution < -0.4 is 4.74 Å². The van der Waals surface area contributed by atoms with Crippen LogP contribution in [0.25, 0.3) is 0 Å². The molecule has 0 spiro atoms. The predicted octanol–water partition coefficient (Wildman–Crippen LogP) is 1.20. The maximum absolute atomic E-state index is 12.6. The monoisotopic (exact) mass is 313 g/mol. The number of ether oxygens (including phenoxy) is 2. The lowest BCUT2D eigenvalue weighted by Crippen LogP contribution is -2.36. The van der Waals surface area contributed by atoms with E-state index in [2.05, 4.69) is 0 Å². The summed E-state index contributed by atoms with van der Waals surface area (Å²) < 4.78 is 36.5. The number of hydrogen-bond donors (Lipinski definition) is 0. The molecular weight excluding hydrogens is 294 g/mol. The van der Waals surface area contributed by atoms with Gasteiger partial charge < -0.3 is 9.47 Å². The molecule has 0 N–H and O–H groups in total. The second kappa shape index (κ2) is 6.44. The molecule has 0 aromatic heterocycles. The SMILES string of the molecule is CCOC(=O)CN(CC)S(=O)(=O)c1ccc2c(c1)CCO2. The third-order valence-electron chi connectivity index (χ3n) is 3.26. The molecule has 1 heterocycles. The van der Waals surface area contributed by atoms with Gasteiger partial charge in [-0.15, -0.1) is 0 Å². The molecule has 6 nitrogen and oxygen atoms in total. The number of hydrogen-bond acceptors (Lipinski definition) is 5. The smallest absolute Gasteiger partial charge is 0.321 e. The van der Waals surface area contributed by atoms with Gasteiger partial charge >= 0.3 is 5.97 Å². The Labute approximate surface area is 124 Å². The number of esters is 1. The minimum absolute atomic E-state index is 0.179. The summed E-state index contributed by atoms with van der Waals surface area (Å²) in [6.07, 6.45) is 0.697. The lowest BCUT2D eigenvalue weighted by molar-refractivity contribution is -0.143. The lowest BCUT2D eigenvalue weighted by Gasteiger charge is -2.19. The summed E-state index contributed by atoms with van der Waals surface area (Å²) in [7, 11) is -3.71. The highest BCUT2D eigenvalue weighted by Crippen LogP contribution is 2.28. The van der Waals surface area contributed by atoms with Gasteiger partial charge in [0.25, 0.3) is 0 Å². The van der Waals surface area contributed by atoms with E-state index < -0.39 is 16.0 Å². The Hall–Kier alpha value is -1.60. The third kappa shape index (κ3) is 3.36. The molecule has 0 saturated heterocycles. The Morgan fingerprint density at radius 1 is 1.38 bits per heavy atom. The van der Waals surface area contributed by atoms with Crippen molar-refractivity contribution in [3.8, 4) is 5.75 Å². The number of carbonyl (C=O) groups excluding carboxylic acids is 1. The van der Waals surface area contributed by atoms with E-state index in [-0.39, 0.29) is 24.6 Å². The van der Waals surface area contributed by atoms with Crippen molar-refractivity contribution >= 4 is 16.0 Å². The van der Waals surface area contributed by atoms with Gasteiger partial charge in [0.05, 0.1) is 18.1 Å². The van der Waals surface area contributed by atoms with Gasteiger partial charge in [-0.3, -0.25) is 4.79 Å². The van der Waals surface area contributed by atoms with Gasteiger partial charge in [-0.2, -0.15) is 4.31 Å². The number of rotatable bonds is 6. The zero-order chi connectivity index (χ0) is 15.5. The third-order valence-corrected chi connectivity index (χ3v) is 5.18. The maximum Gasteiger partial charge on any atom is 0.321 e. The van der Waals surface area contributed by atoms with Gasteiger partial charge in [0, 0.05) is 13.0 Å². The molecular formula is C14H19NO5S. The van der Waals surface area contributed by atoms with Crippen molar-refractivity contribution in [2.75, 3.05) is 26.3 Å². The molecule has 0 unspecified atom stereocenters. The maximum atomic E-state index is 12.6. The number of fused-ring (bicyclic) bond motifs is 1. The fourth-order valence-corrected chi connectivity index (χ4v) is 3.63. The Bertz CT molecular complexity index is 626. The summed E-state index contributed by atoms with van der Waals surface area (Å²) in [4.78, 5) is 11.7. The summed E-state index contributed by atoms with van der Waals surface area (Å²) in [6.45, 7) is 4.09. The van der Waals surface area contributed by atoms with Gasteiger partial charge in [-0.25, -0.2) is 8.42 Å². The fraction of sp³-hybridized carbons (Fsp3) is 0.500. The predicted molar refractivity (Wildman–Crippen MR) is 76.7 cm³/mol. The van der Waals surface area contributed by atoms with Crippen LogP contribution in [0.15, 0.2) is 23.1 Å². The van der Waals surface area contributed by atoms with Crippen LogP contribution >= 0.6 is 0 Å². The van der Waals surface area contributed by atoms with E-state index in [1.54, 1.807) is 26.0 Å². The molecule has 0 amide bonds. The standard InChI is InChI=1S/C14H19NO5S/c1-3-15(10-14(16)19-4-2)21(17,18)12-5-6-13-11(9-12)7-8-20-13/h5-6,9H,3-4,7-8,10H2,1-2H3. The van der Waals surface area contributed by atoms with E-state index in [0.717, 1.165) is 15.6 Å². The zero-order valence-electron chi connectivity index (χ0n) is 12.2. The first-order valence-corrected chi connectivity index (χ1v) is 8.34. The van der Waals surface area contributed by atoms with E-state index in [4.69, 9.17) is 9.47 Å². The summed E-state index contributed by atoms with van der Waals surface area (Å²) in [6, 6.07) is 4.78. The van der Waals surface area contributed by atoms with Gasteiger partial charge in [0.15, 0.2) is 0 Å². The van der Waals surface area contributed by atoms with Crippen molar-refractivity contribution in [3.63, 3.8) is 0 Å². The Balaban J connectivity index is 2.24. The first-order chi connectivity index (χ1) is 9.98. The van der Waals surface area contributed by atoms with Crippen LogP contribution in [-0.2, 0) is 26.0 Å². The molecule has 2 rings (SSSR count). The van der Waals surface area contributed by atoms with Gasteiger partial charge in [-0.1, -0.05) is 6.92 Å². The summed E-state index contributed by atoms with van der Waals surface area (Å²) in [5.41, 5.74) is 0.878. The van der Waals surface area contributed by atoms with Gasteiger partial charge in [0.1, 0.15) is 12.3 Å². The minimum Gasteiger partial charge on any atom is -0.493 e. The molecule has 0 aliphatic carbocycles. The molecule has 0 radical (unpaired) electrons. The largest absolute Gasteiger partial charge is 0.493 e. The molecule has 7 heteroatoms. The topological polar surface area (TPSA) is 72.9 Å². The Morgan fingerprint density at radius 2 is 2.14 bits per heavy atom. The normalized spacial score (nSPS) is 13.9. The van der Waals surface area contributed by atoms with Crippen molar-refractivity contribution in [1.82, 2.24) is 4.31 Å². The fourth-order valence-electron chi connectivity index (χ4n) is 2.19.